The summed E-state index contributed by atoms with van der Waals surface area (Å²) in [4.78, 5) is 9.27. The van der Waals surface area contributed by atoms with E-state index in [-0.39, 0.29) is 21.1 Å². The van der Waals surface area contributed by atoms with Crippen LogP contribution >= 0.6 is 11.3 Å². The first-order valence-electron chi connectivity index (χ1n) is 12.0. The fourth-order valence-electron chi connectivity index (χ4n) is 5.14. The summed E-state index contributed by atoms with van der Waals surface area (Å²) >= 11 is 1.75. The van der Waals surface area contributed by atoms with Crippen LogP contribution in [0.4, 0.5) is 0 Å². The minimum Gasteiger partial charge on any atom is -0.503 e. The molecular weight excluding hydrogens is 670 g/mol. The Morgan fingerprint density at radius 1 is 0.684 bits per heavy atom. The molecule has 0 saturated carbocycles. The minimum atomic E-state index is 0. The molecule has 0 amide bonds. The van der Waals surface area contributed by atoms with Gasteiger partial charge in [0.2, 0.25) is 0 Å². The fraction of sp³-hybridized carbons (Fsp3) is 0. The smallest absolute Gasteiger partial charge is 0.503 e. The van der Waals surface area contributed by atoms with Gasteiger partial charge in [0.1, 0.15) is 5.82 Å². The first kappa shape index (κ1) is 23.1. The largest absolute Gasteiger partial charge is 2.00 e. The molecule has 0 bridgehead atoms. The number of benzene rings is 4. The number of ether oxygens (including phenoxy) is 1. The van der Waals surface area contributed by atoms with Gasteiger partial charge in [-0.15, -0.1) is 51.8 Å². The van der Waals surface area contributed by atoms with Crippen molar-refractivity contribution in [2.75, 3.05) is 0 Å². The van der Waals surface area contributed by atoms with Gasteiger partial charge in [-0.05, 0) is 40.4 Å². The Morgan fingerprint density at radius 2 is 1.50 bits per heavy atom. The summed E-state index contributed by atoms with van der Waals surface area (Å²) in [6, 6.07) is 37.8. The molecule has 0 spiro atoms. The molecule has 4 aromatic heterocycles. The zero-order valence-corrected chi connectivity index (χ0v) is 22.9. The number of hydrogen-bond donors (Lipinski definition) is 0. The summed E-state index contributed by atoms with van der Waals surface area (Å²) in [7, 11) is 0. The number of thiophene rings is 1. The van der Waals surface area contributed by atoms with Crippen LogP contribution in [-0.4, -0.2) is 14.5 Å². The van der Waals surface area contributed by atoms with Gasteiger partial charge >= 0.3 is 21.1 Å². The number of rotatable bonds is 3. The standard InChI is InChI=1S/C32H17N3OS.Pt/c1-2-7-26-23(6-1)24-14-13-22(19-27(24)35(26)30-9-3-4-16-33-30)36-21-12-10-20-11-15-28-31(25(20)18-21)32-29(37-28)8-5-17-34-32;/h1-17H;/q-2;+2. The van der Waals surface area contributed by atoms with E-state index >= 15 is 0 Å². The van der Waals surface area contributed by atoms with E-state index in [9.17, 15) is 0 Å². The van der Waals surface area contributed by atoms with Crippen LogP contribution in [-0.2, 0) is 21.1 Å². The van der Waals surface area contributed by atoms with Crippen LogP contribution in [0.3, 0.4) is 0 Å². The van der Waals surface area contributed by atoms with E-state index in [1.165, 1.54) is 9.40 Å². The summed E-state index contributed by atoms with van der Waals surface area (Å²) in [5, 5.41) is 5.51. The van der Waals surface area contributed by atoms with Gasteiger partial charge in [-0.1, -0.05) is 53.4 Å². The third-order valence-corrected chi connectivity index (χ3v) is 7.85. The third-order valence-electron chi connectivity index (χ3n) is 6.74. The van der Waals surface area contributed by atoms with Crippen LogP contribution in [0.1, 0.15) is 0 Å². The number of hydrogen-bond acceptors (Lipinski definition) is 4. The summed E-state index contributed by atoms with van der Waals surface area (Å²) in [5.41, 5.74) is 3.02. The maximum absolute atomic E-state index is 6.36. The maximum atomic E-state index is 6.36. The van der Waals surface area contributed by atoms with Crippen molar-refractivity contribution in [2.45, 2.75) is 0 Å². The average molecular weight is 687 g/mol. The van der Waals surface area contributed by atoms with Crippen molar-refractivity contribution in [1.29, 1.82) is 0 Å². The Labute approximate surface area is 236 Å². The molecule has 0 unspecified atom stereocenters. The van der Waals surface area contributed by atoms with E-state index in [0.29, 0.717) is 11.5 Å². The van der Waals surface area contributed by atoms with Gasteiger partial charge in [-0.2, -0.15) is 6.07 Å². The normalized spacial score (nSPS) is 11.5. The quantitative estimate of drug-likeness (QED) is 0.175. The second kappa shape index (κ2) is 9.05. The number of fused-ring (bicyclic) bond motifs is 8. The van der Waals surface area contributed by atoms with Crippen molar-refractivity contribution in [2.24, 2.45) is 0 Å². The molecule has 8 rings (SSSR count). The predicted molar refractivity (Wildman–Crippen MR) is 151 cm³/mol. The van der Waals surface area contributed by atoms with E-state index in [4.69, 9.17) is 4.74 Å². The summed E-state index contributed by atoms with van der Waals surface area (Å²) in [6.45, 7) is 0. The Morgan fingerprint density at radius 3 is 2.42 bits per heavy atom. The SMILES string of the molecule is [Pt+2].[c-]1c(Oc2[c-]c3c(cc2)c2ccccc2n3-c2ccccn2)ccc2ccc3sc4cccnc4c3c12. The molecule has 0 saturated heterocycles. The molecule has 38 heavy (non-hydrogen) atoms. The van der Waals surface area contributed by atoms with Crippen molar-refractivity contribution < 1.29 is 25.8 Å². The second-order valence-corrected chi connectivity index (χ2v) is 9.99. The van der Waals surface area contributed by atoms with Gasteiger partial charge in [0.25, 0.3) is 0 Å². The number of nitrogens with zero attached hydrogens (tertiary/aromatic N) is 3. The molecule has 6 heteroatoms. The molecule has 0 N–H and O–H groups in total. The summed E-state index contributed by atoms with van der Waals surface area (Å²) in [6.07, 6.45) is 3.66. The van der Waals surface area contributed by atoms with Gasteiger partial charge in [0.15, 0.2) is 0 Å². The van der Waals surface area contributed by atoms with Gasteiger partial charge < -0.3 is 9.30 Å². The molecule has 0 radical (unpaired) electrons. The van der Waals surface area contributed by atoms with Crippen molar-refractivity contribution >= 4 is 64.2 Å². The van der Waals surface area contributed by atoms with E-state index in [0.717, 1.165) is 49.3 Å². The molecule has 182 valence electrons. The number of pyridine rings is 2. The minimum absolute atomic E-state index is 0. The van der Waals surface area contributed by atoms with Crippen LogP contribution in [0, 0.1) is 12.1 Å². The average Bonchev–Trinajstić information content (AvgIpc) is 3.49. The van der Waals surface area contributed by atoms with E-state index < -0.39 is 0 Å². The van der Waals surface area contributed by atoms with Crippen LogP contribution in [0.15, 0.2) is 103 Å². The van der Waals surface area contributed by atoms with Crippen molar-refractivity contribution in [1.82, 2.24) is 14.5 Å². The van der Waals surface area contributed by atoms with Gasteiger partial charge in [-0.3, -0.25) is 4.98 Å². The number of para-hydroxylation sites is 1. The molecule has 0 aliphatic heterocycles. The Hall–Kier alpha value is -4.05. The van der Waals surface area contributed by atoms with Gasteiger partial charge in [0, 0.05) is 39.6 Å². The first-order chi connectivity index (χ1) is 18.3. The molecule has 8 aromatic rings. The van der Waals surface area contributed by atoms with Crippen molar-refractivity contribution in [3.63, 3.8) is 0 Å². The Kier molecular flexibility index (Phi) is 5.50. The van der Waals surface area contributed by atoms with Crippen molar-refractivity contribution in [3.05, 3.63) is 116 Å². The molecule has 0 aliphatic carbocycles. The predicted octanol–water partition coefficient (Wildman–Crippen LogP) is 8.48. The zero-order valence-electron chi connectivity index (χ0n) is 19.8. The van der Waals surface area contributed by atoms with Gasteiger partial charge in [0.05, 0.1) is 0 Å². The van der Waals surface area contributed by atoms with Crippen LogP contribution < -0.4 is 4.74 Å². The molecule has 0 aliphatic rings. The Balaban J connectivity index is 0.00000242. The van der Waals surface area contributed by atoms with Crippen LogP contribution in [0.2, 0.25) is 0 Å². The Bertz CT molecular complexity index is 2130. The maximum Gasteiger partial charge on any atom is 2.00 e. The third kappa shape index (κ3) is 3.54. The fourth-order valence-corrected chi connectivity index (χ4v) is 6.21. The van der Waals surface area contributed by atoms with Gasteiger partial charge in [-0.25, -0.2) is 4.98 Å². The van der Waals surface area contributed by atoms with E-state index in [2.05, 4.69) is 75.2 Å². The molecule has 4 aromatic carbocycles. The van der Waals surface area contributed by atoms with Crippen molar-refractivity contribution in [3.8, 4) is 17.3 Å². The van der Waals surface area contributed by atoms with Crippen LogP contribution in [0.5, 0.6) is 11.5 Å². The van der Waals surface area contributed by atoms with Crippen LogP contribution in [0.25, 0.3) is 58.7 Å². The topological polar surface area (TPSA) is 39.9 Å². The molecule has 0 fully saturated rings. The number of aromatic nitrogens is 3. The van der Waals surface area contributed by atoms with E-state index in [1.54, 1.807) is 11.3 Å². The monoisotopic (exact) mass is 686 g/mol. The molecule has 4 nitrogen and oxygen atoms in total. The first-order valence-corrected chi connectivity index (χ1v) is 12.8. The van der Waals surface area contributed by atoms with E-state index in [1.807, 2.05) is 54.9 Å². The molecule has 4 heterocycles. The summed E-state index contributed by atoms with van der Waals surface area (Å²) in [5.74, 6) is 2.12. The summed E-state index contributed by atoms with van der Waals surface area (Å²) < 4.78 is 10.9. The second-order valence-electron chi connectivity index (χ2n) is 8.91. The molecular formula is C32H17N3OPtS. The zero-order chi connectivity index (χ0) is 24.3. The molecule has 0 atom stereocenters.